The Balaban J connectivity index is 2.14. The van der Waals surface area contributed by atoms with Gasteiger partial charge >= 0.3 is 0 Å². The normalized spacial score (nSPS) is 10.9. The Morgan fingerprint density at radius 1 is 1.29 bits per heavy atom. The standard InChI is InChI=1S/C16H20N2O2S/c1-4-18(10-15(19)17-11(2)3)16(20)14-9-12-7-5-6-8-13(12)21-14/h5-9,11H,4,10H2,1-3H3,(H,17,19). The van der Waals surface area contributed by atoms with Crippen LogP contribution in [-0.2, 0) is 4.79 Å². The van der Waals surface area contributed by atoms with Crippen molar-refractivity contribution in [1.29, 1.82) is 0 Å². The Hall–Kier alpha value is -1.88. The van der Waals surface area contributed by atoms with E-state index in [4.69, 9.17) is 0 Å². The van der Waals surface area contributed by atoms with Crippen molar-refractivity contribution in [3.63, 3.8) is 0 Å². The minimum atomic E-state index is -0.124. The molecule has 1 N–H and O–H groups in total. The highest BCUT2D eigenvalue weighted by atomic mass is 32.1. The number of carbonyl (C=O) groups is 2. The smallest absolute Gasteiger partial charge is 0.264 e. The number of rotatable bonds is 5. The number of likely N-dealkylation sites (N-methyl/N-ethyl adjacent to an activating group) is 1. The van der Waals surface area contributed by atoms with Crippen LogP contribution in [0.15, 0.2) is 30.3 Å². The van der Waals surface area contributed by atoms with Gasteiger partial charge in [-0.1, -0.05) is 18.2 Å². The molecule has 1 aromatic carbocycles. The molecule has 0 bridgehead atoms. The molecule has 0 spiro atoms. The summed E-state index contributed by atoms with van der Waals surface area (Å²) >= 11 is 1.47. The van der Waals surface area contributed by atoms with E-state index in [0.29, 0.717) is 11.4 Å². The number of hydrogen-bond acceptors (Lipinski definition) is 3. The first-order valence-corrected chi connectivity index (χ1v) is 7.90. The van der Waals surface area contributed by atoms with Crippen LogP contribution in [0.3, 0.4) is 0 Å². The zero-order chi connectivity index (χ0) is 15.4. The number of nitrogens with zero attached hydrogens (tertiary/aromatic N) is 1. The molecule has 0 saturated carbocycles. The van der Waals surface area contributed by atoms with E-state index in [9.17, 15) is 9.59 Å². The van der Waals surface area contributed by atoms with Crippen molar-refractivity contribution in [2.75, 3.05) is 13.1 Å². The SMILES string of the molecule is CCN(CC(=O)NC(C)C)C(=O)c1cc2ccccc2s1. The van der Waals surface area contributed by atoms with E-state index < -0.39 is 0 Å². The van der Waals surface area contributed by atoms with Crippen LogP contribution in [0.25, 0.3) is 10.1 Å². The molecule has 0 atom stereocenters. The molecule has 2 aromatic rings. The largest absolute Gasteiger partial charge is 0.352 e. The van der Waals surface area contributed by atoms with Crippen LogP contribution in [0.1, 0.15) is 30.4 Å². The molecule has 0 fully saturated rings. The zero-order valence-corrected chi connectivity index (χ0v) is 13.4. The van der Waals surface area contributed by atoms with E-state index in [0.717, 1.165) is 10.1 Å². The second-order valence-electron chi connectivity index (χ2n) is 5.19. The predicted molar refractivity (Wildman–Crippen MR) is 86.7 cm³/mol. The maximum absolute atomic E-state index is 12.5. The Morgan fingerprint density at radius 3 is 2.62 bits per heavy atom. The summed E-state index contributed by atoms with van der Waals surface area (Å²) in [7, 11) is 0. The lowest BCUT2D eigenvalue weighted by Gasteiger charge is -2.20. The number of amides is 2. The average molecular weight is 304 g/mol. The zero-order valence-electron chi connectivity index (χ0n) is 12.6. The number of carbonyl (C=O) groups excluding carboxylic acids is 2. The summed E-state index contributed by atoms with van der Waals surface area (Å²) in [6, 6.07) is 9.88. The predicted octanol–water partition coefficient (Wildman–Crippen LogP) is 2.89. The van der Waals surface area contributed by atoms with Crippen LogP contribution in [0.5, 0.6) is 0 Å². The van der Waals surface area contributed by atoms with Gasteiger partial charge in [-0.15, -0.1) is 11.3 Å². The summed E-state index contributed by atoms with van der Waals surface area (Å²) in [4.78, 5) is 26.6. The first-order chi connectivity index (χ1) is 10.0. The van der Waals surface area contributed by atoms with Gasteiger partial charge in [0, 0.05) is 17.3 Å². The summed E-state index contributed by atoms with van der Waals surface area (Å²) in [5.41, 5.74) is 0. The molecule has 1 aromatic heterocycles. The summed E-state index contributed by atoms with van der Waals surface area (Å²) in [6.45, 7) is 6.30. The molecule has 112 valence electrons. The molecule has 0 aliphatic rings. The van der Waals surface area contributed by atoms with Crippen molar-refractivity contribution in [3.8, 4) is 0 Å². The van der Waals surface area contributed by atoms with Crippen LogP contribution in [-0.4, -0.2) is 35.8 Å². The van der Waals surface area contributed by atoms with E-state index in [1.807, 2.05) is 51.1 Å². The summed E-state index contributed by atoms with van der Waals surface area (Å²) < 4.78 is 1.09. The first-order valence-electron chi connectivity index (χ1n) is 7.08. The van der Waals surface area contributed by atoms with Crippen molar-refractivity contribution < 1.29 is 9.59 Å². The van der Waals surface area contributed by atoms with Gasteiger partial charge in [-0.25, -0.2) is 0 Å². The van der Waals surface area contributed by atoms with Crippen LogP contribution < -0.4 is 5.32 Å². The van der Waals surface area contributed by atoms with Gasteiger partial charge in [-0.05, 0) is 38.3 Å². The van der Waals surface area contributed by atoms with Gasteiger partial charge < -0.3 is 10.2 Å². The average Bonchev–Trinajstić information content (AvgIpc) is 2.87. The number of thiophene rings is 1. The summed E-state index contributed by atoms with van der Waals surface area (Å²) in [6.07, 6.45) is 0. The van der Waals surface area contributed by atoms with Gasteiger partial charge in [0.05, 0.1) is 11.4 Å². The number of nitrogens with one attached hydrogen (secondary N) is 1. The van der Waals surface area contributed by atoms with Gasteiger partial charge in [-0.3, -0.25) is 9.59 Å². The van der Waals surface area contributed by atoms with Gasteiger partial charge in [0.25, 0.3) is 5.91 Å². The van der Waals surface area contributed by atoms with E-state index >= 15 is 0 Å². The first kappa shape index (κ1) is 15.5. The van der Waals surface area contributed by atoms with Crippen molar-refractivity contribution in [1.82, 2.24) is 10.2 Å². The highest BCUT2D eigenvalue weighted by Crippen LogP contribution is 2.26. The van der Waals surface area contributed by atoms with E-state index in [1.165, 1.54) is 11.3 Å². The van der Waals surface area contributed by atoms with Crippen LogP contribution in [0.2, 0.25) is 0 Å². The summed E-state index contributed by atoms with van der Waals surface area (Å²) in [5, 5.41) is 3.87. The molecule has 1 heterocycles. The van der Waals surface area contributed by atoms with E-state index in [2.05, 4.69) is 5.32 Å². The third kappa shape index (κ3) is 3.82. The lowest BCUT2D eigenvalue weighted by atomic mass is 10.2. The Morgan fingerprint density at radius 2 is 2.00 bits per heavy atom. The molecule has 5 heteroatoms. The molecule has 0 aliphatic heterocycles. The van der Waals surface area contributed by atoms with Gasteiger partial charge in [0.2, 0.25) is 5.91 Å². The highest BCUT2D eigenvalue weighted by molar-refractivity contribution is 7.20. The van der Waals surface area contributed by atoms with Crippen molar-refractivity contribution >= 4 is 33.2 Å². The molecule has 4 nitrogen and oxygen atoms in total. The molecular weight excluding hydrogens is 284 g/mol. The molecular formula is C16H20N2O2S. The highest BCUT2D eigenvalue weighted by Gasteiger charge is 2.19. The van der Waals surface area contributed by atoms with Gasteiger partial charge in [0.15, 0.2) is 0 Å². The Bertz CT molecular complexity index is 616. The van der Waals surface area contributed by atoms with E-state index in [-0.39, 0.29) is 24.4 Å². The third-order valence-electron chi connectivity index (χ3n) is 3.09. The third-order valence-corrected chi connectivity index (χ3v) is 4.19. The second-order valence-corrected chi connectivity index (χ2v) is 6.27. The molecule has 2 rings (SSSR count). The van der Waals surface area contributed by atoms with Crippen molar-refractivity contribution in [2.45, 2.75) is 26.8 Å². The number of hydrogen-bond donors (Lipinski definition) is 1. The lowest BCUT2D eigenvalue weighted by molar-refractivity contribution is -0.122. The second kappa shape index (κ2) is 6.72. The molecule has 2 amide bonds. The Kier molecular flexibility index (Phi) is 4.96. The maximum atomic E-state index is 12.5. The fraction of sp³-hybridized carbons (Fsp3) is 0.375. The monoisotopic (exact) mass is 304 g/mol. The number of benzene rings is 1. The van der Waals surface area contributed by atoms with Crippen molar-refractivity contribution in [2.24, 2.45) is 0 Å². The Labute approximate surface area is 128 Å². The molecule has 0 saturated heterocycles. The fourth-order valence-corrected chi connectivity index (χ4v) is 3.14. The quantitative estimate of drug-likeness (QED) is 0.923. The number of fused-ring (bicyclic) bond motifs is 1. The molecule has 0 aliphatic carbocycles. The molecule has 21 heavy (non-hydrogen) atoms. The van der Waals surface area contributed by atoms with E-state index in [1.54, 1.807) is 4.90 Å². The minimum absolute atomic E-state index is 0.0793. The van der Waals surface area contributed by atoms with Crippen LogP contribution in [0.4, 0.5) is 0 Å². The topological polar surface area (TPSA) is 49.4 Å². The van der Waals surface area contributed by atoms with Crippen LogP contribution >= 0.6 is 11.3 Å². The van der Waals surface area contributed by atoms with Gasteiger partial charge in [-0.2, -0.15) is 0 Å². The molecule has 0 unspecified atom stereocenters. The summed E-state index contributed by atoms with van der Waals surface area (Å²) in [5.74, 6) is -0.209. The lowest BCUT2D eigenvalue weighted by Crippen LogP contribution is -2.42. The minimum Gasteiger partial charge on any atom is -0.352 e. The van der Waals surface area contributed by atoms with Crippen LogP contribution in [0, 0.1) is 0 Å². The maximum Gasteiger partial charge on any atom is 0.264 e. The van der Waals surface area contributed by atoms with Crippen molar-refractivity contribution in [3.05, 3.63) is 35.2 Å². The van der Waals surface area contributed by atoms with Gasteiger partial charge in [0.1, 0.15) is 0 Å². The fourth-order valence-electron chi connectivity index (χ4n) is 2.11. The molecule has 0 radical (unpaired) electrons.